The summed E-state index contributed by atoms with van der Waals surface area (Å²) in [7, 11) is 4.17. The molecule has 0 aliphatic heterocycles. The molecule has 48 valence electrons. The van der Waals surface area contributed by atoms with Crippen LogP contribution in [0.15, 0.2) is 0 Å². The second-order valence-corrected chi connectivity index (χ2v) is 1.80. The quantitative estimate of drug-likeness (QED) is 0.524. The molecule has 0 saturated carbocycles. The van der Waals surface area contributed by atoms with Crippen LogP contribution in [0.25, 0.3) is 0 Å². The fourth-order valence-corrected chi connectivity index (χ4v) is 0.447. The minimum Gasteiger partial charge on any atom is -0.309 e. The van der Waals surface area contributed by atoms with Gasteiger partial charge in [-0.1, -0.05) is 6.92 Å². The summed E-state index contributed by atoms with van der Waals surface area (Å²) in [6, 6.07) is 0. The number of rotatable bonds is 2. The van der Waals surface area contributed by atoms with Crippen LogP contribution < -0.4 is 0 Å². The van der Waals surface area contributed by atoms with Crippen LogP contribution in [0.2, 0.25) is 0 Å². The monoisotopic (exact) mass is 145 g/mol. The average Bonchev–Trinajstić information content (AvgIpc) is 1.35. The standard InChI is InChI=1S/C5H13N.Ni/c1-4-5-6(2)3;/h4-5H2,1-3H3;. The first kappa shape index (κ1) is 10.4. The van der Waals surface area contributed by atoms with Crippen molar-refractivity contribution in [3.63, 3.8) is 0 Å². The van der Waals surface area contributed by atoms with E-state index in [1.165, 1.54) is 13.0 Å². The van der Waals surface area contributed by atoms with E-state index in [1.54, 1.807) is 0 Å². The van der Waals surface area contributed by atoms with Gasteiger partial charge in [-0.25, -0.2) is 0 Å². The fraction of sp³-hybridized carbons (Fsp3) is 1.00. The summed E-state index contributed by atoms with van der Waals surface area (Å²) in [5.41, 5.74) is 0. The normalized spacial score (nSPS) is 8.57. The summed E-state index contributed by atoms with van der Waals surface area (Å²) in [6.45, 7) is 3.39. The summed E-state index contributed by atoms with van der Waals surface area (Å²) < 4.78 is 0. The van der Waals surface area contributed by atoms with Gasteiger partial charge in [0.25, 0.3) is 0 Å². The van der Waals surface area contributed by atoms with Crippen LogP contribution in [-0.4, -0.2) is 25.5 Å². The Hall–Kier alpha value is 0.454. The van der Waals surface area contributed by atoms with Crippen molar-refractivity contribution >= 4 is 0 Å². The van der Waals surface area contributed by atoms with Gasteiger partial charge in [0.1, 0.15) is 0 Å². The predicted molar refractivity (Wildman–Crippen MR) is 28.8 cm³/mol. The van der Waals surface area contributed by atoms with Crippen LogP contribution in [0.4, 0.5) is 0 Å². The zero-order chi connectivity index (χ0) is 4.99. The van der Waals surface area contributed by atoms with Gasteiger partial charge in [0, 0.05) is 16.5 Å². The molecule has 0 aromatic heterocycles. The van der Waals surface area contributed by atoms with Gasteiger partial charge < -0.3 is 4.90 Å². The summed E-state index contributed by atoms with van der Waals surface area (Å²) >= 11 is 0. The molecular weight excluding hydrogens is 133 g/mol. The van der Waals surface area contributed by atoms with Crippen molar-refractivity contribution in [2.75, 3.05) is 20.6 Å². The SMILES string of the molecule is CCCN(C)C.[Ni]. The maximum absolute atomic E-state index is 2.18. The second-order valence-electron chi connectivity index (χ2n) is 1.80. The third-order valence-corrected chi connectivity index (χ3v) is 0.671. The molecule has 0 aromatic carbocycles. The Balaban J connectivity index is 0. The van der Waals surface area contributed by atoms with Gasteiger partial charge >= 0.3 is 0 Å². The van der Waals surface area contributed by atoms with Gasteiger partial charge in [0.2, 0.25) is 0 Å². The number of hydrogen-bond donors (Lipinski definition) is 0. The molecule has 0 fully saturated rings. The molecule has 0 unspecified atom stereocenters. The molecule has 0 aromatic rings. The van der Waals surface area contributed by atoms with Crippen LogP contribution in [0.1, 0.15) is 13.3 Å². The van der Waals surface area contributed by atoms with Crippen LogP contribution in [0, 0.1) is 0 Å². The van der Waals surface area contributed by atoms with Gasteiger partial charge in [-0.05, 0) is 27.1 Å². The number of hydrogen-bond acceptors (Lipinski definition) is 1. The maximum Gasteiger partial charge on any atom is 0 e. The van der Waals surface area contributed by atoms with Gasteiger partial charge in [0.15, 0.2) is 0 Å². The minimum absolute atomic E-state index is 0. The Kier molecular flexibility index (Phi) is 9.62. The third kappa shape index (κ3) is 10.7. The fourth-order valence-electron chi connectivity index (χ4n) is 0.447. The van der Waals surface area contributed by atoms with Crippen LogP contribution >= 0.6 is 0 Å². The molecule has 0 bridgehead atoms. The Morgan fingerprint density at radius 1 is 1.29 bits per heavy atom. The second kappa shape index (κ2) is 6.45. The van der Waals surface area contributed by atoms with Gasteiger partial charge in [0.05, 0.1) is 0 Å². The van der Waals surface area contributed by atoms with Gasteiger partial charge in [-0.2, -0.15) is 0 Å². The number of nitrogens with zero attached hydrogens (tertiary/aromatic N) is 1. The predicted octanol–water partition coefficient (Wildman–Crippen LogP) is 0.956. The molecule has 0 saturated heterocycles. The van der Waals surface area contributed by atoms with E-state index in [9.17, 15) is 0 Å². The summed E-state index contributed by atoms with van der Waals surface area (Å²) in [5.74, 6) is 0. The van der Waals surface area contributed by atoms with E-state index >= 15 is 0 Å². The van der Waals surface area contributed by atoms with E-state index in [2.05, 4.69) is 25.9 Å². The van der Waals surface area contributed by atoms with Crippen molar-refractivity contribution in [1.29, 1.82) is 0 Å². The molecule has 0 heterocycles. The van der Waals surface area contributed by atoms with Gasteiger partial charge in [-0.3, -0.25) is 0 Å². The van der Waals surface area contributed by atoms with Crippen molar-refractivity contribution in [3.8, 4) is 0 Å². The Labute approximate surface area is 56.0 Å². The molecular formula is C5H13NNi. The smallest absolute Gasteiger partial charge is 0 e. The van der Waals surface area contributed by atoms with Gasteiger partial charge in [-0.15, -0.1) is 0 Å². The van der Waals surface area contributed by atoms with E-state index in [0.29, 0.717) is 0 Å². The molecule has 0 aliphatic rings. The molecule has 0 aliphatic carbocycles. The first-order chi connectivity index (χ1) is 2.77. The first-order valence-corrected chi connectivity index (χ1v) is 2.42. The minimum atomic E-state index is 0. The van der Waals surface area contributed by atoms with Crippen molar-refractivity contribution < 1.29 is 16.5 Å². The van der Waals surface area contributed by atoms with Crippen molar-refractivity contribution in [1.82, 2.24) is 4.90 Å². The molecule has 0 N–H and O–H groups in total. The van der Waals surface area contributed by atoms with Crippen molar-refractivity contribution in [2.24, 2.45) is 0 Å². The summed E-state index contributed by atoms with van der Waals surface area (Å²) in [5, 5.41) is 0. The van der Waals surface area contributed by atoms with Crippen molar-refractivity contribution in [3.05, 3.63) is 0 Å². The first-order valence-electron chi connectivity index (χ1n) is 2.42. The van der Waals surface area contributed by atoms with E-state index in [4.69, 9.17) is 0 Å². The largest absolute Gasteiger partial charge is 0.309 e. The Morgan fingerprint density at radius 2 is 1.71 bits per heavy atom. The molecule has 7 heavy (non-hydrogen) atoms. The van der Waals surface area contributed by atoms with E-state index in [-0.39, 0.29) is 16.5 Å². The Morgan fingerprint density at radius 3 is 1.71 bits per heavy atom. The average molecular weight is 146 g/mol. The van der Waals surface area contributed by atoms with Crippen LogP contribution in [-0.2, 0) is 16.5 Å². The zero-order valence-electron chi connectivity index (χ0n) is 5.18. The molecule has 0 amide bonds. The molecule has 1 nitrogen and oxygen atoms in total. The molecule has 0 atom stereocenters. The summed E-state index contributed by atoms with van der Waals surface area (Å²) in [6.07, 6.45) is 1.26. The third-order valence-electron chi connectivity index (χ3n) is 0.671. The molecule has 0 radical (unpaired) electrons. The van der Waals surface area contributed by atoms with Crippen LogP contribution in [0.5, 0.6) is 0 Å². The van der Waals surface area contributed by atoms with E-state index < -0.39 is 0 Å². The summed E-state index contributed by atoms with van der Waals surface area (Å²) in [4.78, 5) is 2.18. The maximum atomic E-state index is 2.18. The zero-order valence-corrected chi connectivity index (χ0v) is 6.17. The Bertz CT molecular complexity index is 29.3. The van der Waals surface area contributed by atoms with E-state index in [0.717, 1.165) is 0 Å². The molecule has 2 heteroatoms. The molecule has 0 rings (SSSR count). The molecule has 0 spiro atoms. The van der Waals surface area contributed by atoms with Crippen LogP contribution in [0.3, 0.4) is 0 Å². The topological polar surface area (TPSA) is 3.24 Å². The van der Waals surface area contributed by atoms with E-state index in [1.807, 2.05) is 0 Å². The van der Waals surface area contributed by atoms with Crippen molar-refractivity contribution in [2.45, 2.75) is 13.3 Å².